The number of carboxylic acid groups (broad SMARTS) is 1. The van der Waals surface area contributed by atoms with Crippen LogP contribution in [0.25, 0.3) is 0 Å². The summed E-state index contributed by atoms with van der Waals surface area (Å²) in [4.78, 5) is 54.9. The molecule has 1 saturated heterocycles. The molecule has 0 aromatic carbocycles. The molecule has 4 N–H and O–H groups in total. The Bertz CT molecular complexity index is 1130. The van der Waals surface area contributed by atoms with E-state index in [0.29, 0.717) is 17.7 Å². The first-order chi connectivity index (χ1) is 15.3. The lowest BCUT2D eigenvalue weighted by Crippen LogP contribution is -2.71. The van der Waals surface area contributed by atoms with Crippen molar-refractivity contribution in [2.45, 2.75) is 35.9 Å². The number of rotatable bonds is 7. The molecule has 166 valence electrons. The summed E-state index contributed by atoms with van der Waals surface area (Å²) in [6.45, 7) is 0. The average molecular weight is 477 g/mol. The number of β-lactam (4-membered cyclic amide) rings is 1. The van der Waals surface area contributed by atoms with E-state index >= 15 is 0 Å². The zero-order valence-corrected chi connectivity index (χ0v) is 18.3. The lowest BCUT2D eigenvalue weighted by Gasteiger charge is -2.50. The predicted octanol–water partition coefficient (Wildman–Crippen LogP) is 0.330. The number of allylic oxidation sites excluding steroid dienone is 1. The van der Waals surface area contributed by atoms with E-state index in [1.807, 2.05) is 36.1 Å². The standard InChI is InChI=1S/C18H17N7O5S2/c1-24-6-4-8(5-7-24)31-10-3-2-9-11(16(27)25(9)13(10)17(28)29)20-15(26)12(22-30)14-21-18(19)32-23-14/h4-7,9,11-12H,2-3H2,1H3,(H3-,19,20,21,23,26,28,29)/p+1/t9?,11-,12?/m0/s1. The average Bonchev–Trinajstić information content (AvgIpc) is 3.19. The second-order valence-electron chi connectivity index (χ2n) is 7.18. The zero-order chi connectivity index (χ0) is 23.0. The van der Waals surface area contributed by atoms with Crippen molar-refractivity contribution >= 4 is 46.2 Å². The van der Waals surface area contributed by atoms with Gasteiger partial charge in [0.2, 0.25) is 6.04 Å². The summed E-state index contributed by atoms with van der Waals surface area (Å²) in [5, 5.41) is 15.1. The van der Waals surface area contributed by atoms with Crippen molar-refractivity contribution in [2.24, 2.45) is 12.2 Å². The SMILES string of the molecule is C[n+]1ccc(SC2=C(C(=O)O)N3C(=O)[C@@H](NC(=O)C(N=O)c4nsc(N)n4)C3CC2)cc1. The number of nitroso groups, excluding NO2 is 1. The number of carbonyl (C=O) groups is 3. The number of hydrogen-bond acceptors (Lipinski definition) is 10. The van der Waals surface area contributed by atoms with Crippen LogP contribution in [0.3, 0.4) is 0 Å². The fourth-order valence-electron chi connectivity index (χ4n) is 3.63. The molecule has 0 spiro atoms. The first-order valence-electron chi connectivity index (χ1n) is 9.44. The van der Waals surface area contributed by atoms with Crippen molar-refractivity contribution in [3.63, 3.8) is 0 Å². The minimum absolute atomic E-state index is 0.0769. The Balaban J connectivity index is 1.51. The fourth-order valence-corrected chi connectivity index (χ4v) is 5.13. The molecule has 2 aliphatic heterocycles. The number of aryl methyl sites for hydroxylation is 1. The van der Waals surface area contributed by atoms with E-state index in [2.05, 4.69) is 19.9 Å². The number of fused-ring (bicyclic) bond motifs is 1. The number of hydrogen-bond donors (Lipinski definition) is 3. The summed E-state index contributed by atoms with van der Waals surface area (Å²) >= 11 is 2.11. The Morgan fingerprint density at radius 3 is 2.75 bits per heavy atom. The Morgan fingerprint density at radius 2 is 2.16 bits per heavy atom. The first-order valence-corrected chi connectivity index (χ1v) is 11.0. The van der Waals surface area contributed by atoms with Gasteiger partial charge in [0.15, 0.2) is 23.3 Å². The topological polar surface area (TPSA) is 172 Å². The number of anilines is 1. The molecule has 2 aromatic heterocycles. The first kappa shape index (κ1) is 21.8. The van der Waals surface area contributed by atoms with Gasteiger partial charge in [-0.15, -0.1) is 4.91 Å². The lowest BCUT2D eigenvalue weighted by molar-refractivity contribution is -0.671. The van der Waals surface area contributed by atoms with Crippen LogP contribution in [0, 0.1) is 4.91 Å². The van der Waals surface area contributed by atoms with E-state index in [9.17, 15) is 24.4 Å². The second-order valence-corrected chi connectivity index (χ2v) is 9.13. The largest absolute Gasteiger partial charge is 0.477 e. The molecule has 1 fully saturated rings. The van der Waals surface area contributed by atoms with E-state index in [1.165, 1.54) is 16.7 Å². The molecule has 4 heterocycles. The minimum Gasteiger partial charge on any atom is -0.477 e. The van der Waals surface area contributed by atoms with Gasteiger partial charge in [-0.05, 0) is 18.0 Å². The number of nitrogen functional groups attached to an aromatic ring is 1. The zero-order valence-electron chi connectivity index (χ0n) is 16.7. The maximum Gasteiger partial charge on any atom is 0.353 e. The number of carboxylic acids is 1. The molecule has 2 amide bonds. The normalized spacial score (nSPS) is 20.9. The van der Waals surface area contributed by atoms with Crippen LogP contribution in [0.1, 0.15) is 24.7 Å². The molecule has 0 saturated carbocycles. The number of thioether (sulfide) groups is 1. The van der Waals surface area contributed by atoms with E-state index in [-0.39, 0.29) is 16.7 Å². The lowest BCUT2D eigenvalue weighted by atomic mass is 9.86. The van der Waals surface area contributed by atoms with Crippen molar-refractivity contribution in [1.82, 2.24) is 19.6 Å². The maximum atomic E-state index is 12.8. The Labute approximate surface area is 189 Å². The number of nitrogens with zero attached hydrogens (tertiary/aromatic N) is 5. The fraction of sp³-hybridized carbons (Fsp3) is 0.333. The molecular formula is C18H18N7O5S2+. The van der Waals surface area contributed by atoms with Crippen molar-refractivity contribution < 1.29 is 24.1 Å². The summed E-state index contributed by atoms with van der Waals surface area (Å²) in [6.07, 6.45) is 4.57. The molecule has 14 heteroatoms. The van der Waals surface area contributed by atoms with Crippen LogP contribution < -0.4 is 15.6 Å². The van der Waals surface area contributed by atoms with Gasteiger partial charge in [0.05, 0.1) is 6.04 Å². The molecule has 0 aliphatic carbocycles. The van der Waals surface area contributed by atoms with Crippen molar-refractivity contribution in [3.8, 4) is 0 Å². The van der Waals surface area contributed by atoms with Crippen LogP contribution in [0.15, 0.2) is 45.2 Å². The molecular weight excluding hydrogens is 458 g/mol. The number of amides is 2. The molecule has 3 atom stereocenters. The van der Waals surface area contributed by atoms with Crippen LogP contribution in [-0.4, -0.2) is 49.2 Å². The van der Waals surface area contributed by atoms with Gasteiger partial charge in [-0.3, -0.25) is 14.5 Å². The van der Waals surface area contributed by atoms with Crippen molar-refractivity contribution in [1.29, 1.82) is 0 Å². The second kappa shape index (κ2) is 8.63. The maximum absolute atomic E-state index is 12.8. The van der Waals surface area contributed by atoms with Crippen LogP contribution >= 0.6 is 23.3 Å². The highest BCUT2D eigenvalue weighted by molar-refractivity contribution is 8.03. The summed E-state index contributed by atoms with van der Waals surface area (Å²) in [6, 6.07) is 0.677. The van der Waals surface area contributed by atoms with Crippen molar-refractivity contribution in [3.05, 3.63) is 45.9 Å². The molecule has 12 nitrogen and oxygen atoms in total. The highest BCUT2D eigenvalue weighted by atomic mass is 32.2. The third kappa shape index (κ3) is 3.93. The Hall–Kier alpha value is -3.39. The molecule has 0 bridgehead atoms. The molecule has 2 unspecified atom stereocenters. The quantitative estimate of drug-likeness (QED) is 0.289. The highest BCUT2D eigenvalue weighted by Crippen LogP contribution is 2.43. The van der Waals surface area contributed by atoms with E-state index in [0.717, 1.165) is 16.4 Å². The number of nitrogens with two attached hydrogens (primary N) is 1. The minimum atomic E-state index is -1.55. The Morgan fingerprint density at radius 1 is 1.44 bits per heavy atom. The predicted molar refractivity (Wildman–Crippen MR) is 113 cm³/mol. The van der Waals surface area contributed by atoms with Gasteiger partial charge in [0.25, 0.3) is 11.8 Å². The van der Waals surface area contributed by atoms with Gasteiger partial charge in [0.1, 0.15) is 18.8 Å². The summed E-state index contributed by atoms with van der Waals surface area (Å²) in [5.74, 6) is -2.76. The third-order valence-electron chi connectivity index (χ3n) is 5.14. The van der Waals surface area contributed by atoms with Crippen LogP contribution in [0.2, 0.25) is 0 Å². The van der Waals surface area contributed by atoms with Crippen molar-refractivity contribution in [2.75, 3.05) is 5.73 Å². The number of aromatic nitrogens is 3. The molecule has 2 aliphatic rings. The smallest absolute Gasteiger partial charge is 0.353 e. The van der Waals surface area contributed by atoms with Crippen LogP contribution in [-0.2, 0) is 21.4 Å². The van der Waals surface area contributed by atoms with Gasteiger partial charge >= 0.3 is 5.97 Å². The molecule has 4 rings (SSSR count). The van der Waals surface area contributed by atoms with Crippen LogP contribution in [0.4, 0.5) is 5.13 Å². The highest BCUT2D eigenvalue weighted by Gasteiger charge is 2.54. The molecule has 0 radical (unpaired) electrons. The van der Waals surface area contributed by atoms with Gasteiger partial charge < -0.3 is 16.2 Å². The summed E-state index contributed by atoms with van der Waals surface area (Å²) in [7, 11) is 1.87. The molecule has 32 heavy (non-hydrogen) atoms. The monoisotopic (exact) mass is 476 g/mol. The van der Waals surface area contributed by atoms with E-state index in [1.54, 1.807) is 0 Å². The number of carbonyl (C=O) groups excluding carboxylic acids is 2. The summed E-state index contributed by atoms with van der Waals surface area (Å²) < 4.78 is 5.67. The molecule has 2 aromatic rings. The van der Waals surface area contributed by atoms with Gasteiger partial charge in [-0.2, -0.15) is 4.37 Å². The number of aliphatic carboxylic acids is 1. The number of pyridine rings is 1. The summed E-state index contributed by atoms with van der Waals surface area (Å²) in [5.41, 5.74) is 5.39. The van der Waals surface area contributed by atoms with Crippen LogP contribution in [0.5, 0.6) is 0 Å². The Kier molecular flexibility index (Phi) is 5.88. The van der Waals surface area contributed by atoms with Gasteiger partial charge in [0, 0.05) is 33.5 Å². The number of nitrogens with one attached hydrogen (secondary N) is 1. The van der Waals surface area contributed by atoms with Gasteiger partial charge in [-0.25, -0.2) is 14.3 Å². The van der Waals surface area contributed by atoms with E-state index in [4.69, 9.17) is 5.73 Å². The van der Waals surface area contributed by atoms with E-state index < -0.39 is 35.9 Å². The third-order valence-corrected chi connectivity index (χ3v) is 6.85. The van der Waals surface area contributed by atoms with Gasteiger partial charge in [-0.1, -0.05) is 11.8 Å².